The maximum atomic E-state index is 11.2. The molecule has 1 heterocycles. The molecule has 0 saturated carbocycles. The van der Waals surface area contributed by atoms with Crippen LogP contribution in [0.4, 0.5) is 5.95 Å². The Balaban J connectivity index is 2.66. The number of rotatable bonds is 7. The molecule has 9 heteroatoms. The van der Waals surface area contributed by atoms with Crippen molar-refractivity contribution in [3.63, 3.8) is 0 Å². The number of carbonyl (C=O) groups is 1. The largest absolute Gasteiger partial charge is 0.481 e. The quantitative estimate of drug-likeness (QED) is 0.690. The third-order valence-corrected chi connectivity index (χ3v) is 4.72. The SMILES string of the molecule is CC(CCn1c(N)nnc1SCC(=O)O)S(C)=O. The minimum atomic E-state index is -0.920. The number of carboxylic acid groups (broad SMARTS) is 1. The van der Waals surface area contributed by atoms with Gasteiger partial charge in [-0.3, -0.25) is 13.6 Å². The van der Waals surface area contributed by atoms with Gasteiger partial charge in [0.25, 0.3) is 0 Å². The lowest BCUT2D eigenvalue weighted by molar-refractivity contribution is -0.133. The molecule has 1 aromatic heterocycles. The van der Waals surface area contributed by atoms with Crippen molar-refractivity contribution >= 4 is 34.5 Å². The van der Waals surface area contributed by atoms with Gasteiger partial charge < -0.3 is 10.8 Å². The van der Waals surface area contributed by atoms with Crippen molar-refractivity contribution in [2.45, 2.75) is 30.3 Å². The van der Waals surface area contributed by atoms with E-state index in [0.29, 0.717) is 18.1 Å². The molecular weight excluding hydrogens is 276 g/mol. The molecule has 0 aromatic carbocycles. The van der Waals surface area contributed by atoms with Crippen LogP contribution in [0.1, 0.15) is 13.3 Å². The molecular formula is C9H16N4O3S2. The minimum absolute atomic E-state index is 0.0455. The molecule has 2 atom stereocenters. The number of hydrogen-bond acceptors (Lipinski definition) is 6. The zero-order valence-electron chi connectivity index (χ0n) is 10.2. The number of aliphatic carboxylic acids is 1. The fourth-order valence-corrected chi connectivity index (χ4v) is 2.35. The monoisotopic (exact) mass is 292 g/mol. The summed E-state index contributed by atoms with van der Waals surface area (Å²) in [5.41, 5.74) is 5.66. The van der Waals surface area contributed by atoms with E-state index in [1.807, 2.05) is 6.92 Å². The Morgan fingerprint density at radius 3 is 2.83 bits per heavy atom. The molecule has 0 spiro atoms. The van der Waals surface area contributed by atoms with Crippen LogP contribution in [0, 0.1) is 0 Å². The molecule has 0 fully saturated rings. The third kappa shape index (κ3) is 4.30. The van der Waals surface area contributed by atoms with Gasteiger partial charge in [-0.25, -0.2) is 0 Å². The molecule has 2 unspecified atom stereocenters. The van der Waals surface area contributed by atoms with Gasteiger partial charge in [0, 0.05) is 28.9 Å². The van der Waals surface area contributed by atoms with Crippen molar-refractivity contribution in [2.24, 2.45) is 0 Å². The van der Waals surface area contributed by atoms with Crippen molar-refractivity contribution in [3.8, 4) is 0 Å². The molecule has 0 bridgehead atoms. The summed E-state index contributed by atoms with van der Waals surface area (Å²) < 4.78 is 12.9. The number of thioether (sulfide) groups is 1. The standard InChI is InChI=1S/C9H16N4O3S2/c1-6(18(2)16)3-4-13-8(10)11-12-9(13)17-5-7(14)15/h6H,3-5H2,1-2H3,(H2,10,11)(H,14,15). The fraction of sp³-hybridized carbons (Fsp3) is 0.667. The highest BCUT2D eigenvalue weighted by Crippen LogP contribution is 2.19. The van der Waals surface area contributed by atoms with Gasteiger partial charge in [0.1, 0.15) is 0 Å². The highest BCUT2D eigenvalue weighted by molar-refractivity contribution is 7.99. The Bertz CT molecular complexity index is 449. The maximum absolute atomic E-state index is 11.2. The number of nitrogens with two attached hydrogens (primary N) is 1. The van der Waals surface area contributed by atoms with Crippen LogP contribution in [-0.2, 0) is 22.1 Å². The van der Waals surface area contributed by atoms with Gasteiger partial charge in [0.15, 0.2) is 5.16 Å². The van der Waals surface area contributed by atoms with Gasteiger partial charge >= 0.3 is 5.97 Å². The van der Waals surface area contributed by atoms with Gasteiger partial charge in [-0.1, -0.05) is 18.7 Å². The number of aromatic nitrogens is 3. The van der Waals surface area contributed by atoms with Gasteiger partial charge in [0.05, 0.1) is 5.75 Å². The summed E-state index contributed by atoms with van der Waals surface area (Å²) in [4.78, 5) is 10.5. The first-order chi connectivity index (χ1) is 8.41. The highest BCUT2D eigenvalue weighted by atomic mass is 32.2. The Kier molecular flexibility index (Phi) is 5.60. The second-order valence-electron chi connectivity index (χ2n) is 3.77. The number of anilines is 1. The van der Waals surface area contributed by atoms with Crippen LogP contribution in [0.15, 0.2) is 5.16 Å². The molecule has 0 aliphatic carbocycles. The Morgan fingerprint density at radius 2 is 2.28 bits per heavy atom. The molecule has 1 aromatic rings. The van der Waals surface area contributed by atoms with Crippen molar-refractivity contribution in [2.75, 3.05) is 17.7 Å². The predicted molar refractivity (Wildman–Crippen MR) is 70.9 cm³/mol. The van der Waals surface area contributed by atoms with Crippen molar-refractivity contribution in [1.82, 2.24) is 14.8 Å². The summed E-state index contributed by atoms with van der Waals surface area (Å²) in [6.07, 6.45) is 2.33. The van der Waals surface area contributed by atoms with Gasteiger partial charge in [-0.05, 0) is 6.42 Å². The second-order valence-corrected chi connectivity index (χ2v) is 6.52. The van der Waals surface area contributed by atoms with Gasteiger partial charge in [-0.15, -0.1) is 10.2 Å². The topological polar surface area (TPSA) is 111 Å². The second kappa shape index (κ2) is 6.74. The molecule has 102 valence electrons. The summed E-state index contributed by atoms with van der Waals surface area (Å²) in [6, 6.07) is 0. The first-order valence-electron chi connectivity index (χ1n) is 5.27. The van der Waals surface area contributed by atoms with E-state index in [2.05, 4.69) is 10.2 Å². The summed E-state index contributed by atoms with van der Waals surface area (Å²) >= 11 is 1.07. The smallest absolute Gasteiger partial charge is 0.313 e. The van der Waals surface area contributed by atoms with Crippen molar-refractivity contribution < 1.29 is 14.1 Å². The molecule has 18 heavy (non-hydrogen) atoms. The average Bonchev–Trinajstić information content (AvgIpc) is 2.64. The van der Waals surface area contributed by atoms with Crippen LogP contribution in [0.2, 0.25) is 0 Å². The van der Waals surface area contributed by atoms with Crippen LogP contribution in [0.5, 0.6) is 0 Å². The van der Waals surface area contributed by atoms with E-state index in [9.17, 15) is 9.00 Å². The van der Waals surface area contributed by atoms with Crippen LogP contribution in [0.3, 0.4) is 0 Å². The number of nitrogen functional groups attached to an aromatic ring is 1. The Labute approximate surface area is 112 Å². The van der Waals surface area contributed by atoms with E-state index in [1.54, 1.807) is 10.8 Å². The molecule has 1 rings (SSSR count). The summed E-state index contributed by atoms with van der Waals surface area (Å²) in [6.45, 7) is 2.42. The molecule has 0 saturated heterocycles. The third-order valence-electron chi connectivity index (χ3n) is 2.40. The summed E-state index contributed by atoms with van der Waals surface area (Å²) in [5, 5.41) is 16.7. The number of hydrogen-bond donors (Lipinski definition) is 2. The van der Waals surface area contributed by atoms with Gasteiger partial charge in [0.2, 0.25) is 5.95 Å². The Morgan fingerprint density at radius 1 is 1.61 bits per heavy atom. The van der Waals surface area contributed by atoms with Crippen molar-refractivity contribution in [1.29, 1.82) is 0 Å². The van der Waals surface area contributed by atoms with E-state index in [4.69, 9.17) is 10.8 Å². The Hall–Kier alpha value is -1.09. The zero-order chi connectivity index (χ0) is 13.7. The van der Waals surface area contributed by atoms with E-state index in [-0.39, 0.29) is 17.0 Å². The molecule has 0 amide bonds. The van der Waals surface area contributed by atoms with E-state index in [1.165, 1.54) is 0 Å². The molecule has 3 N–H and O–H groups in total. The van der Waals surface area contributed by atoms with Crippen LogP contribution < -0.4 is 5.73 Å². The lowest BCUT2D eigenvalue weighted by Gasteiger charge is -2.10. The maximum Gasteiger partial charge on any atom is 0.313 e. The first kappa shape index (κ1) is 15.0. The summed E-state index contributed by atoms with van der Waals surface area (Å²) in [5.74, 6) is -0.763. The fourth-order valence-electron chi connectivity index (χ4n) is 1.22. The molecule has 0 radical (unpaired) electrons. The van der Waals surface area contributed by atoms with Crippen molar-refractivity contribution in [3.05, 3.63) is 0 Å². The van der Waals surface area contributed by atoms with E-state index < -0.39 is 16.8 Å². The number of carboxylic acids is 1. The lowest BCUT2D eigenvalue weighted by atomic mass is 10.3. The molecule has 0 aliphatic rings. The van der Waals surface area contributed by atoms with E-state index in [0.717, 1.165) is 11.8 Å². The first-order valence-corrected chi connectivity index (χ1v) is 7.88. The number of nitrogens with zero attached hydrogens (tertiary/aromatic N) is 3. The van der Waals surface area contributed by atoms with Gasteiger partial charge in [-0.2, -0.15) is 0 Å². The minimum Gasteiger partial charge on any atom is -0.481 e. The van der Waals surface area contributed by atoms with E-state index >= 15 is 0 Å². The normalized spacial score (nSPS) is 14.3. The highest BCUT2D eigenvalue weighted by Gasteiger charge is 2.14. The molecule has 0 aliphatic heterocycles. The van der Waals surface area contributed by atoms with Crippen LogP contribution in [0.25, 0.3) is 0 Å². The van der Waals surface area contributed by atoms with Crippen LogP contribution >= 0.6 is 11.8 Å². The zero-order valence-corrected chi connectivity index (χ0v) is 11.8. The predicted octanol–water partition coefficient (Wildman–Crippen LogP) is 0.194. The van der Waals surface area contributed by atoms with Crippen LogP contribution in [-0.4, -0.2) is 47.3 Å². The average molecular weight is 292 g/mol. The lowest BCUT2D eigenvalue weighted by Crippen LogP contribution is -2.14. The molecule has 7 nitrogen and oxygen atoms in total. The summed E-state index contributed by atoms with van der Waals surface area (Å²) in [7, 11) is -0.892.